The fourth-order valence-corrected chi connectivity index (χ4v) is 13.8. The molecule has 0 saturated carbocycles. The summed E-state index contributed by atoms with van der Waals surface area (Å²) in [4.78, 5) is 144. The van der Waals surface area contributed by atoms with Gasteiger partial charge in [-0.3, -0.25) is 9.59 Å². The van der Waals surface area contributed by atoms with Crippen molar-refractivity contribution in [1.82, 2.24) is 4.57 Å². The molecule has 27 heteroatoms. The van der Waals surface area contributed by atoms with Gasteiger partial charge in [0.15, 0.2) is 41.7 Å². The summed E-state index contributed by atoms with van der Waals surface area (Å²) in [6, 6.07) is 70.6. The SMILES string of the molecule is CCCCCCCCOc1c(O[C@@H]2O[C@H](COC(=O)c3ccccc3)[C@@H](OC(=O)c3ccccc3)[C@H](OC(=O)c3ccccc3)[C@H]2OC(=O)c2ccccc2)c2ccc(NC(=O)/C=C/c3cc(OC)c(O[C@@H]4O[C@H](COC(=O)c5ccccc5)[C@@H](OC(=O)c5ccccc5)[C@H](OC(=O)c5ccccc5)[C@H]4OC(=O)c4ccccc4)c(OC)c3)cc2n(C)c1=O. The first-order chi connectivity index (χ1) is 60.4. The molecule has 2 aliphatic heterocycles. The highest BCUT2D eigenvalue weighted by atomic mass is 16.8. The van der Waals surface area contributed by atoms with E-state index in [4.69, 9.17) is 71.1 Å². The number of aromatic nitrogens is 1. The van der Waals surface area contributed by atoms with Crippen LogP contribution in [0.1, 0.15) is 134 Å². The van der Waals surface area contributed by atoms with E-state index >= 15 is 4.79 Å². The summed E-state index contributed by atoms with van der Waals surface area (Å²) in [6.45, 7) is 0.762. The van der Waals surface area contributed by atoms with Crippen LogP contribution in [-0.4, -0.2) is 154 Å². The quantitative estimate of drug-likeness (QED) is 0.0167. The van der Waals surface area contributed by atoms with Gasteiger partial charge < -0.3 is 80.9 Å². The minimum atomic E-state index is -1.95. The van der Waals surface area contributed by atoms with E-state index in [-0.39, 0.29) is 102 Å². The lowest BCUT2D eigenvalue weighted by Crippen LogP contribution is -2.64. The molecule has 1 amide bonds. The number of aryl methyl sites for hydroxylation is 1. The van der Waals surface area contributed by atoms with Crippen molar-refractivity contribution in [2.75, 3.05) is 39.4 Å². The number of anilines is 1. The molecule has 3 heterocycles. The van der Waals surface area contributed by atoms with E-state index in [1.165, 1.54) is 165 Å². The van der Waals surface area contributed by atoms with Crippen LogP contribution in [0, 0.1) is 0 Å². The summed E-state index contributed by atoms with van der Waals surface area (Å²) in [6.07, 6.45) is -10.1. The van der Waals surface area contributed by atoms with Crippen LogP contribution in [0.2, 0.25) is 0 Å². The van der Waals surface area contributed by atoms with Crippen LogP contribution >= 0.6 is 0 Å². The van der Waals surface area contributed by atoms with Gasteiger partial charge in [-0.1, -0.05) is 185 Å². The Balaban J connectivity index is 0.843. The van der Waals surface area contributed by atoms with E-state index in [0.29, 0.717) is 6.42 Å². The maximum absolute atomic E-state index is 15.2. The Morgan fingerprint density at radius 1 is 0.379 bits per heavy atom. The minimum absolute atomic E-state index is 0.0186. The van der Waals surface area contributed by atoms with E-state index in [9.17, 15) is 43.2 Å². The summed E-state index contributed by atoms with van der Waals surface area (Å²) in [5.41, 5.74) is 0.452. The maximum atomic E-state index is 15.2. The smallest absolute Gasteiger partial charge is 0.338 e. The first kappa shape index (κ1) is 87.1. The van der Waals surface area contributed by atoms with E-state index in [1.807, 2.05) is 0 Å². The normalized spacial score (nSPS) is 18.4. The maximum Gasteiger partial charge on any atom is 0.338 e. The number of carbonyl (C=O) groups is 9. The number of pyridine rings is 1. The molecule has 1 aromatic heterocycles. The molecule has 2 fully saturated rings. The van der Waals surface area contributed by atoms with Gasteiger partial charge in [0, 0.05) is 24.2 Å². The summed E-state index contributed by atoms with van der Waals surface area (Å²) in [7, 11) is 4.11. The molecular weight excluding hydrogens is 1590 g/mol. The Morgan fingerprint density at radius 3 is 1.07 bits per heavy atom. The van der Waals surface area contributed by atoms with Crippen molar-refractivity contribution in [2.45, 2.75) is 107 Å². The van der Waals surface area contributed by atoms with Gasteiger partial charge >= 0.3 is 47.8 Å². The van der Waals surface area contributed by atoms with Crippen LogP contribution < -0.4 is 34.6 Å². The second-order valence-corrected chi connectivity index (χ2v) is 28.6. The second-order valence-electron chi connectivity index (χ2n) is 28.6. The monoisotopic (exact) mass is 1680 g/mol. The molecule has 0 aliphatic carbocycles. The Bertz CT molecular complexity index is 5590. The number of nitrogens with one attached hydrogen (secondary N) is 1. The highest BCUT2D eigenvalue weighted by Gasteiger charge is 2.57. The van der Waals surface area contributed by atoms with Crippen molar-refractivity contribution < 1.29 is 114 Å². The minimum Gasteiger partial charge on any atom is -0.493 e. The van der Waals surface area contributed by atoms with Crippen molar-refractivity contribution >= 4 is 76.3 Å². The van der Waals surface area contributed by atoms with Crippen molar-refractivity contribution in [3.8, 4) is 28.7 Å². The van der Waals surface area contributed by atoms with E-state index in [2.05, 4.69) is 12.2 Å². The fourth-order valence-electron chi connectivity index (χ4n) is 13.8. The van der Waals surface area contributed by atoms with Crippen molar-refractivity contribution in [3.63, 3.8) is 0 Å². The van der Waals surface area contributed by atoms with E-state index in [1.54, 1.807) is 146 Å². The molecule has 1 N–H and O–H groups in total. The Kier molecular flexibility index (Phi) is 29.9. The summed E-state index contributed by atoms with van der Waals surface area (Å²) in [5, 5.41) is 3.02. The molecule has 124 heavy (non-hydrogen) atoms. The molecular formula is C97H88N2O25. The molecule has 2 saturated heterocycles. The third-order valence-electron chi connectivity index (χ3n) is 20.2. The van der Waals surface area contributed by atoms with Gasteiger partial charge in [-0.2, -0.15) is 0 Å². The Hall–Kier alpha value is -14.7. The summed E-state index contributed by atoms with van der Waals surface area (Å²) in [5.74, 6) is -8.90. The largest absolute Gasteiger partial charge is 0.493 e. The number of hydrogen-bond donors (Lipinski definition) is 1. The predicted molar refractivity (Wildman–Crippen MR) is 451 cm³/mol. The number of hydrogen-bond acceptors (Lipinski definition) is 25. The van der Waals surface area contributed by atoms with Crippen LogP contribution in [0.3, 0.4) is 0 Å². The number of unbranched alkanes of at least 4 members (excludes halogenated alkanes) is 5. The summed E-state index contributed by atoms with van der Waals surface area (Å²) < 4.78 is 96.5. The number of benzene rings is 10. The number of rotatable bonds is 35. The highest BCUT2D eigenvalue weighted by molar-refractivity contribution is 6.04. The number of fused-ring (bicyclic) bond motifs is 1. The van der Waals surface area contributed by atoms with Crippen LogP contribution in [0.15, 0.2) is 284 Å². The molecule has 0 spiro atoms. The van der Waals surface area contributed by atoms with Crippen molar-refractivity contribution in [2.24, 2.45) is 7.05 Å². The number of amides is 1. The van der Waals surface area contributed by atoms with Gasteiger partial charge in [-0.15, -0.1) is 0 Å². The fraction of sp³-hybridized carbons (Fsp3) is 0.237. The van der Waals surface area contributed by atoms with Gasteiger partial charge in [-0.05, 0) is 145 Å². The average molecular weight is 1680 g/mol. The molecule has 0 radical (unpaired) electrons. The first-order valence-electron chi connectivity index (χ1n) is 40.1. The number of methoxy groups -OCH3 is 2. The first-order valence-corrected chi connectivity index (χ1v) is 40.1. The molecule has 2 aliphatic rings. The molecule has 13 rings (SSSR count). The molecule has 636 valence electrons. The van der Waals surface area contributed by atoms with Gasteiger partial charge in [0.25, 0.3) is 5.56 Å². The van der Waals surface area contributed by atoms with Crippen LogP contribution in [-0.2, 0) is 59.2 Å². The molecule has 0 bridgehead atoms. The zero-order valence-corrected chi connectivity index (χ0v) is 67.9. The van der Waals surface area contributed by atoms with Gasteiger partial charge in [0.1, 0.15) is 25.4 Å². The topological polar surface area (TPSA) is 326 Å². The number of esters is 8. The molecule has 10 atom stereocenters. The number of ether oxygens (including phenoxy) is 15. The third-order valence-corrected chi connectivity index (χ3v) is 20.2. The van der Waals surface area contributed by atoms with Crippen LogP contribution in [0.25, 0.3) is 17.0 Å². The Morgan fingerprint density at radius 2 is 0.710 bits per heavy atom. The standard InChI is InChI=1S/C97H88N2O25/c1-5-6-7-8-9-34-55-112-84-78(123-96-85(121-94(108)68-47-30-16-31-48-68)82(119-92(106)66-43-26-14-27-44-66)80(117-90(104)64-39-22-12-23-40-64)75(115-96)59-113-88(102)62-35-18-10-19-36-62)71-53-52-70(58-72(71)99(2)87(84)101)98-77(100)54-51-61-56-73(110-3)79(74(57-61)111-4)124-97-86(122-95(109)69-49-32-17-33-50-69)83(120-93(107)67-45-28-15-29-46-67)81(118-91(105)65-41-24-13-25-42-65)76(116-97)60-114-89(103)63-37-20-11-21-38-63/h10-33,35-54,56-58,75-76,80-83,85-86,96-97H,5-9,34,55,59-60H2,1-4H3,(H,98,100)/b54-51+/t75-,76-,80-,81-,82+,83+,85-,86-,96+,97+/m1/s1. The van der Waals surface area contributed by atoms with Gasteiger partial charge in [0.2, 0.25) is 42.2 Å². The average Bonchev–Trinajstić information content (AvgIpc) is 0.751. The lowest BCUT2D eigenvalue weighted by Gasteiger charge is -2.44. The van der Waals surface area contributed by atoms with Crippen molar-refractivity contribution in [3.05, 3.63) is 339 Å². The number of nitrogens with zero attached hydrogens (tertiary/aromatic N) is 1. The second kappa shape index (κ2) is 42.5. The van der Waals surface area contributed by atoms with Gasteiger partial charge in [0.05, 0.1) is 70.9 Å². The predicted octanol–water partition coefficient (Wildman–Crippen LogP) is 15.2. The summed E-state index contributed by atoms with van der Waals surface area (Å²) >= 11 is 0. The molecule has 10 aromatic carbocycles. The van der Waals surface area contributed by atoms with E-state index < -0.39 is 134 Å². The number of carbonyl (C=O) groups excluding carboxylic acids is 9. The van der Waals surface area contributed by atoms with Gasteiger partial charge in [-0.25, -0.2) is 38.4 Å². The molecule has 0 unspecified atom stereocenters. The van der Waals surface area contributed by atoms with Crippen LogP contribution in [0.4, 0.5) is 5.69 Å². The van der Waals surface area contributed by atoms with Crippen LogP contribution in [0.5, 0.6) is 28.7 Å². The third kappa shape index (κ3) is 22.1. The van der Waals surface area contributed by atoms with Crippen molar-refractivity contribution in [1.29, 1.82) is 0 Å². The zero-order valence-electron chi connectivity index (χ0n) is 67.9. The molecule has 11 aromatic rings. The molecule has 27 nitrogen and oxygen atoms in total. The lowest BCUT2D eigenvalue weighted by molar-refractivity contribution is -0.275. The van der Waals surface area contributed by atoms with E-state index in [0.717, 1.165) is 32.1 Å². The zero-order chi connectivity index (χ0) is 86.9. The highest BCUT2D eigenvalue weighted by Crippen LogP contribution is 2.44. The lowest BCUT2D eigenvalue weighted by atomic mass is 9.97. The Labute approximate surface area is 713 Å².